The molecule has 3 unspecified atom stereocenters. The number of nitrogens with two attached hydrogens (primary N) is 1. The van der Waals surface area contributed by atoms with Gasteiger partial charge in [0.1, 0.15) is 6.04 Å². The maximum Gasteiger partial charge on any atom is 0.242 e. The topological polar surface area (TPSA) is 78.7 Å². The van der Waals surface area contributed by atoms with Crippen LogP contribution in [0.1, 0.15) is 61.5 Å². The first-order valence-corrected chi connectivity index (χ1v) is 14.4. The Hall–Kier alpha value is -2.22. The molecule has 2 amide bonds. The molecule has 2 fully saturated rings. The number of hydrogen-bond acceptors (Lipinski definition) is 5. The van der Waals surface area contributed by atoms with E-state index in [-0.39, 0.29) is 17.9 Å². The smallest absolute Gasteiger partial charge is 0.242 e. The predicted molar refractivity (Wildman–Crippen MR) is 146 cm³/mol. The lowest BCUT2D eigenvalue weighted by Gasteiger charge is -2.42. The maximum atomic E-state index is 13.4. The van der Waals surface area contributed by atoms with Crippen molar-refractivity contribution in [1.82, 2.24) is 15.1 Å². The van der Waals surface area contributed by atoms with Crippen LogP contribution in [0.3, 0.4) is 0 Å². The number of hydrogen-bond donors (Lipinski definition) is 2. The summed E-state index contributed by atoms with van der Waals surface area (Å²) in [4.78, 5) is 31.5. The summed E-state index contributed by atoms with van der Waals surface area (Å²) < 4.78 is 0. The van der Waals surface area contributed by atoms with Gasteiger partial charge < -0.3 is 16.0 Å². The van der Waals surface area contributed by atoms with E-state index in [9.17, 15) is 9.59 Å². The molecule has 3 N–H and O–H groups in total. The van der Waals surface area contributed by atoms with Crippen molar-refractivity contribution in [3.8, 4) is 0 Å². The molecule has 0 bridgehead atoms. The third-order valence-electron chi connectivity index (χ3n) is 8.03. The Morgan fingerprint density at radius 2 is 1.86 bits per heavy atom. The van der Waals surface area contributed by atoms with E-state index in [0.29, 0.717) is 31.3 Å². The number of carbonyl (C=O) groups is 2. The second-order valence-corrected chi connectivity index (χ2v) is 11.8. The van der Waals surface area contributed by atoms with E-state index in [2.05, 4.69) is 58.9 Å². The number of rotatable bonds is 9. The molecular formula is C29H42N4O2S. The molecule has 36 heavy (non-hydrogen) atoms. The summed E-state index contributed by atoms with van der Waals surface area (Å²) in [5.41, 5.74) is 8.44. The molecule has 6 nitrogen and oxygen atoms in total. The summed E-state index contributed by atoms with van der Waals surface area (Å²) in [7, 11) is 0. The molecular weight excluding hydrogens is 468 g/mol. The Balaban J connectivity index is 1.45. The number of amides is 2. The number of benzene rings is 1. The van der Waals surface area contributed by atoms with Crippen molar-refractivity contribution >= 4 is 23.2 Å². The molecule has 2 aliphatic rings. The largest absolute Gasteiger partial charge is 0.354 e. The summed E-state index contributed by atoms with van der Waals surface area (Å²) in [6.07, 6.45) is 6.16. The minimum atomic E-state index is -0.418. The van der Waals surface area contributed by atoms with Crippen molar-refractivity contribution in [2.45, 2.75) is 77.5 Å². The van der Waals surface area contributed by atoms with Crippen molar-refractivity contribution in [2.24, 2.45) is 17.6 Å². The van der Waals surface area contributed by atoms with Gasteiger partial charge >= 0.3 is 0 Å². The summed E-state index contributed by atoms with van der Waals surface area (Å²) in [6.45, 7) is 7.41. The highest BCUT2D eigenvalue weighted by Gasteiger charge is 2.37. The number of nitrogens with zero attached hydrogens (tertiary/aromatic N) is 2. The van der Waals surface area contributed by atoms with Gasteiger partial charge in [-0.25, -0.2) is 0 Å². The zero-order valence-electron chi connectivity index (χ0n) is 21.8. The fourth-order valence-electron chi connectivity index (χ4n) is 5.91. The number of nitrogens with one attached hydrogen (secondary N) is 1. The van der Waals surface area contributed by atoms with Crippen LogP contribution in [-0.2, 0) is 22.7 Å². The van der Waals surface area contributed by atoms with Gasteiger partial charge in [-0.1, -0.05) is 42.3 Å². The van der Waals surface area contributed by atoms with Crippen LogP contribution >= 0.6 is 11.3 Å². The van der Waals surface area contributed by atoms with Gasteiger partial charge in [0.15, 0.2) is 0 Å². The van der Waals surface area contributed by atoms with E-state index < -0.39 is 6.04 Å². The molecule has 1 aromatic carbocycles. The van der Waals surface area contributed by atoms with Crippen LogP contribution < -0.4 is 11.1 Å². The first kappa shape index (κ1) is 26.8. The minimum Gasteiger partial charge on any atom is -0.354 e. The SMILES string of the molecule is CC(=O)N1CCC(N(Cc2ccc(C)cc2)Cc2cccs2)C[C@@H]1C(=O)NCC1CCCC(CN)C1. The summed E-state index contributed by atoms with van der Waals surface area (Å²) in [6, 6.07) is 12.8. The highest BCUT2D eigenvalue weighted by atomic mass is 32.1. The Labute approximate surface area is 220 Å². The number of carbonyl (C=O) groups excluding carboxylic acids is 2. The van der Waals surface area contributed by atoms with Crippen LogP contribution in [0.4, 0.5) is 0 Å². The van der Waals surface area contributed by atoms with Gasteiger partial charge in [0, 0.05) is 44.0 Å². The molecule has 4 atom stereocenters. The molecule has 2 heterocycles. The van der Waals surface area contributed by atoms with Crippen molar-refractivity contribution in [2.75, 3.05) is 19.6 Å². The second kappa shape index (κ2) is 12.8. The molecule has 0 spiro atoms. The Kier molecular flexibility index (Phi) is 9.57. The molecule has 0 radical (unpaired) electrons. The number of aryl methyl sites for hydroxylation is 1. The van der Waals surface area contributed by atoms with E-state index in [0.717, 1.165) is 38.9 Å². The van der Waals surface area contributed by atoms with Gasteiger partial charge in [0.05, 0.1) is 0 Å². The van der Waals surface area contributed by atoms with Gasteiger partial charge in [-0.15, -0.1) is 11.3 Å². The predicted octanol–water partition coefficient (Wildman–Crippen LogP) is 4.32. The lowest BCUT2D eigenvalue weighted by Crippen LogP contribution is -2.57. The zero-order valence-corrected chi connectivity index (χ0v) is 22.6. The van der Waals surface area contributed by atoms with Gasteiger partial charge in [-0.2, -0.15) is 0 Å². The highest BCUT2D eigenvalue weighted by Crippen LogP contribution is 2.29. The molecule has 7 heteroatoms. The van der Waals surface area contributed by atoms with E-state index >= 15 is 0 Å². The Bertz CT molecular complexity index is 978. The molecule has 2 aromatic rings. The standard InChI is InChI=1S/C29H42N4O2S/c1-21-8-10-23(11-9-21)19-32(20-27-7-4-14-36-27)26-12-13-33(22(2)34)28(16-26)29(35)31-18-25-6-3-5-24(15-25)17-30/h4,7-11,14,24-26,28H,3,5-6,12-13,15-20,30H2,1-2H3,(H,31,35)/t24?,25?,26?,28-/m1/s1. The monoisotopic (exact) mass is 510 g/mol. The third kappa shape index (κ3) is 7.17. The highest BCUT2D eigenvalue weighted by molar-refractivity contribution is 7.09. The van der Waals surface area contributed by atoms with Gasteiger partial charge in [0.2, 0.25) is 11.8 Å². The van der Waals surface area contributed by atoms with E-state index in [1.54, 1.807) is 23.2 Å². The Morgan fingerprint density at radius 1 is 1.08 bits per heavy atom. The Morgan fingerprint density at radius 3 is 2.56 bits per heavy atom. The number of piperidine rings is 1. The molecule has 1 saturated heterocycles. The quantitative estimate of drug-likeness (QED) is 0.527. The van der Waals surface area contributed by atoms with E-state index in [4.69, 9.17) is 5.73 Å². The van der Waals surface area contributed by atoms with Crippen LogP contribution in [-0.4, -0.2) is 53.3 Å². The fourth-order valence-corrected chi connectivity index (χ4v) is 6.64. The first-order chi connectivity index (χ1) is 17.4. The minimum absolute atomic E-state index is 0.00354. The van der Waals surface area contributed by atoms with Crippen molar-refractivity contribution < 1.29 is 9.59 Å². The lowest BCUT2D eigenvalue weighted by atomic mass is 9.81. The fraction of sp³-hybridized carbons (Fsp3) is 0.586. The van der Waals surface area contributed by atoms with E-state index in [1.165, 1.54) is 28.8 Å². The van der Waals surface area contributed by atoms with Crippen LogP contribution in [0.25, 0.3) is 0 Å². The number of thiophene rings is 1. The van der Waals surface area contributed by atoms with Crippen molar-refractivity contribution in [1.29, 1.82) is 0 Å². The average molecular weight is 511 g/mol. The number of likely N-dealkylation sites (tertiary alicyclic amines) is 1. The van der Waals surface area contributed by atoms with Gasteiger partial charge in [-0.05, 0) is 74.4 Å². The summed E-state index contributed by atoms with van der Waals surface area (Å²) >= 11 is 1.77. The second-order valence-electron chi connectivity index (χ2n) is 10.8. The maximum absolute atomic E-state index is 13.4. The van der Waals surface area contributed by atoms with Crippen LogP contribution in [0.5, 0.6) is 0 Å². The molecule has 1 aliphatic heterocycles. The molecule has 1 aromatic heterocycles. The lowest BCUT2D eigenvalue weighted by molar-refractivity contribution is -0.142. The first-order valence-electron chi connectivity index (χ1n) is 13.5. The molecule has 196 valence electrons. The van der Waals surface area contributed by atoms with Gasteiger partial charge in [-0.3, -0.25) is 14.5 Å². The van der Waals surface area contributed by atoms with Crippen LogP contribution in [0.2, 0.25) is 0 Å². The third-order valence-corrected chi connectivity index (χ3v) is 8.89. The van der Waals surface area contributed by atoms with Crippen LogP contribution in [0.15, 0.2) is 41.8 Å². The average Bonchev–Trinajstić information content (AvgIpc) is 3.41. The summed E-state index contributed by atoms with van der Waals surface area (Å²) in [5.74, 6) is 1.04. The van der Waals surface area contributed by atoms with Crippen LogP contribution in [0, 0.1) is 18.8 Å². The molecule has 1 saturated carbocycles. The summed E-state index contributed by atoms with van der Waals surface area (Å²) in [5, 5.41) is 5.34. The molecule has 4 rings (SSSR count). The normalized spacial score (nSPS) is 24.6. The van der Waals surface area contributed by atoms with Crippen molar-refractivity contribution in [3.63, 3.8) is 0 Å². The molecule has 1 aliphatic carbocycles. The van der Waals surface area contributed by atoms with Gasteiger partial charge in [0.25, 0.3) is 0 Å². The van der Waals surface area contributed by atoms with E-state index in [1.807, 2.05) is 0 Å². The zero-order chi connectivity index (χ0) is 25.5. The van der Waals surface area contributed by atoms with Crippen molar-refractivity contribution in [3.05, 3.63) is 57.8 Å².